The van der Waals surface area contributed by atoms with Crippen LogP contribution in [0.4, 0.5) is 4.79 Å². The summed E-state index contributed by atoms with van der Waals surface area (Å²) in [5, 5.41) is 6.47. The van der Waals surface area contributed by atoms with Crippen molar-refractivity contribution >= 4 is 18.0 Å². The number of methoxy groups -OCH3 is 2. The zero-order valence-corrected chi connectivity index (χ0v) is 15.0. The molecular formula is C15H29N5O4. The van der Waals surface area contributed by atoms with Gasteiger partial charge in [0.2, 0.25) is 5.91 Å². The lowest BCUT2D eigenvalue weighted by molar-refractivity contribution is -0.127. The number of hydrogen-bond donors (Lipinski definition) is 2. The minimum atomic E-state index is -0.294. The highest BCUT2D eigenvalue weighted by atomic mass is 16.5. The Balaban J connectivity index is 2.53. The lowest BCUT2D eigenvalue weighted by Crippen LogP contribution is -2.50. The van der Waals surface area contributed by atoms with E-state index in [0.717, 1.165) is 12.8 Å². The Morgan fingerprint density at radius 3 is 2.46 bits per heavy atom. The highest BCUT2D eigenvalue weighted by Crippen LogP contribution is 2.11. The van der Waals surface area contributed by atoms with Gasteiger partial charge in [0.05, 0.1) is 13.7 Å². The maximum atomic E-state index is 11.7. The number of likely N-dealkylation sites (N-methyl/N-ethyl adjacent to an activating group) is 1. The van der Waals surface area contributed by atoms with Gasteiger partial charge in [-0.05, 0) is 12.8 Å². The molecule has 0 atom stereocenters. The monoisotopic (exact) mass is 343 g/mol. The third-order valence-electron chi connectivity index (χ3n) is 3.74. The molecule has 0 aromatic heterocycles. The fourth-order valence-corrected chi connectivity index (χ4v) is 2.24. The van der Waals surface area contributed by atoms with Gasteiger partial charge in [0.15, 0.2) is 5.96 Å². The van der Waals surface area contributed by atoms with Gasteiger partial charge < -0.3 is 29.9 Å². The topological polar surface area (TPSA) is 95.5 Å². The van der Waals surface area contributed by atoms with Crippen molar-refractivity contribution in [3.05, 3.63) is 0 Å². The third kappa shape index (κ3) is 7.03. The molecule has 1 rings (SSSR count). The third-order valence-corrected chi connectivity index (χ3v) is 3.74. The number of aliphatic imine (C=N–C) groups is 1. The molecule has 0 aliphatic carbocycles. The lowest BCUT2D eigenvalue weighted by atomic mass is 10.1. The van der Waals surface area contributed by atoms with Crippen LogP contribution in [-0.4, -0.2) is 94.9 Å². The van der Waals surface area contributed by atoms with Crippen LogP contribution in [-0.2, 0) is 14.3 Å². The first-order chi connectivity index (χ1) is 11.5. The molecule has 0 saturated carbocycles. The molecule has 0 bridgehead atoms. The van der Waals surface area contributed by atoms with Gasteiger partial charge in [-0.2, -0.15) is 0 Å². The smallest absolute Gasteiger partial charge is 0.409 e. The van der Waals surface area contributed by atoms with Crippen molar-refractivity contribution in [2.24, 2.45) is 4.99 Å². The van der Waals surface area contributed by atoms with Crippen molar-refractivity contribution in [3.63, 3.8) is 0 Å². The van der Waals surface area contributed by atoms with Crippen molar-refractivity contribution in [2.45, 2.75) is 18.9 Å². The minimum Gasteiger partial charge on any atom is -0.453 e. The van der Waals surface area contributed by atoms with Gasteiger partial charge >= 0.3 is 6.09 Å². The van der Waals surface area contributed by atoms with Crippen LogP contribution in [0.15, 0.2) is 4.99 Å². The second kappa shape index (κ2) is 10.7. The molecule has 24 heavy (non-hydrogen) atoms. The Hall–Kier alpha value is -2.03. The van der Waals surface area contributed by atoms with E-state index in [4.69, 9.17) is 9.47 Å². The van der Waals surface area contributed by atoms with E-state index in [0.29, 0.717) is 32.2 Å². The summed E-state index contributed by atoms with van der Waals surface area (Å²) in [7, 11) is 6.42. The highest BCUT2D eigenvalue weighted by Gasteiger charge is 2.23. The fourth-order valence-electron chi connectivity index (χ4n) is 2.24. The van der Waals surface area contributed by atoms with E-state index in [-0.39, 0.29) is 24.6 Å². The number of guanidine groups is 1. The van der Waals surface area contributed by atoms with Crippen LogP contribution < -0.4 is 10.6 Å². The standard InChI is InChI=1S/C15H29N5O4/c1-19(2)13(21)11-17-14(16-7-10-23-3)18-12-5-8-20(9-6-12)15(22)24-4/h12H,5-11H2,1-4H3,(H2,16,17,18). The molecule has 1 aliphatic heterocycles. The van der Waals surface area contributed by atoms with Crippen LogP contribution >= 0.6 is 0 Å². The van der Waals surface area contributed by atoms with Crippen molar-refractivity contribution in [2.75, 3.05) is 61.1 Å². The Labute approximate surface area is 143 Å². The summed E-state index contributed by atoms with van der Waals surface area (Å²) in [6.07, 6.45) is 1.29. The number of carbonyl (C=O) groups is 2. The number of piperidine rings is 1. The average Bonchev–Trinajstić information content (AvgIpc) is 2.59. The van der Waals surface area contributed by atoms with E-state index < -0.39 is 0 Å². The number of carbonyl (C=O) groups excluding carboxylic acids is 2. The van der Waals surface area contributed by atoms with Crippen LogP contribution in [0.5, 0.6) is 0 Å². The number of hydrogen-bond acceptors (Lipinski definition) is 5. The van der Waals surface area contributed by atoms with Gasteiger partial charge in [-0.25, -0.2) is 9.79 Å². The van der Waals surface area contributed by atoms with Gasteiger partial charge in [-0.1, -0.05) is 0 Å². The highest BCUT2D eigenvalue weighted by molar-refractivity contribution is 5.85. The van der Waals surface area contributed by atoms with Crippen molar-refractivity contribution in [1.82, 2.24) is 20.4 Å². The van der Waals surface area contributed by atoms with Gasteiger partial charge in [-0.15, -0.1) is 0 Å². The number of ether oxygens (including phenoxy) is 2. The molecule has 0 aromatic rings. The summed E-state index contributed by atoms with van der Waals surface area (Å²) in [6.45, 7) is 2.48. The van der Waals surface area contributed by atoms with E-state index in [2.05, 4.69) is 15.6 Å². The van der Waals surface area contributed by atoms with Gasteiger partial charge in [-0.3, -0.25) is 4.79 Å². The normalized spacial score (nSPS) is 15.8. The largest absolute Gasteiger partial charge is 0.453 e. The van der Waals surface area contributed by atoms with E-state index in [1.165, 1.54) is 12.0 Å². The molecule has 2 N–H and O–H groups in total. The van der Waals surface area contributed by atoms with Gasteiger partial charge in [0.25, 0.3) is 0 Å². The van der Waals surface area contributed by atoms with Gasteiger partial charge in [0.1, 0.15) is 6.54 Å². The average molecular weight is 343 g/mol. The fraction of sp³-hybridized carbons (Fsp3) is 0.800. The summed E-state index contributed by atoms with van der Waals surface area (Å²) in [5.74, 6) is 0.516. The number of likely N-dealkylation sites (tertiary alicyclic amines) is 1. The van der Waals surface area contributed by atoms with E-state index in [1.807, 2.05) is 0 Å². The molecule has 0 aromatic carbocycles. The first-order valence-electron chi connectivity index (χ1n) is 8.04. The van der Waals surface area contributed by atoms with E-state index >= 15 is 0 Å². The number of amides is 2. The van der Waals surface area contributed by atoms with E-state index in [9.17, 15) is 9.59 Å². The summed E-state index contributed by atoms with van der Waals surface area (Å²) in [5.41, 5.74) is 0. The molecule has 1 fully saturated rings. The second-order valence-electron chi connectivity index (χ2n) is 5.75. The van der Waals surface area contributed by atoms with Crippen molar-refractivity contribution in [1.29, 1.82) is 0 Å². The SMILES string of the molecule is COCCNC(=NCC(=O)N(C)C)NC1CCN(C(=O)OC)CC1. The maximum Gasteiger partial charge on any atom is 0.409 e. The molecule has 138 valence electrons. The molecule has 0 spiro atoms. The first kappa shape index (κ1) is 20.0. The zero-order chi connectivity index (χ0) is 17.9. The predicted molar refractivity (Wildman–Crippen MR) is 91.0 cm³/mol. The Kier molecular flexibility index (Phi) is 8.92. The van der Waals surface area contributed by atoms with E-state index in [1.54, 1.807) is 26.1 Å². The summed E-state index contributed by atoms with van der Waals surface area (Å²) in [4.78, 5) is 30.7. The number of nitrogens with one attached hydrogen (secondary N) is 2. The van der Waals surface area contributed by atoms with Crippen molar-refractivity contribution < 1.29 is 19.1 Å². The van der Waals surface area contributed by atoms with Crippen LogP contribution in [0.3, 0.4) is 0 Å². The zero-order valence-electron chi connectivity index (χ0n) is 15.0. The minimum absolute atomic E-state index is 0.0663. The quantitative estimate of drug-likeness (QED) is 0.383. The van der Waals surface area contributed by atoms with Crippen LogP contribution in [0.25, 0.3) is 0 Å². The number of rotatable bonds is 6. The predicted octanol–water partition coefficient (Wildman–Crippen LogP) is -0.513. The molecule has 0 radical (unpaired) electrons. The Morgan fingerprint density at radius 1 is 1.25 bits per heavy atom. The second-order valence-corrected chi connectivity index (χ2v) is 5.75. The number of nitrogens with zero attached hydrogens (tertiary/aromatic N) is 3. The van der Waals surface area contributed by atoms with Crippen LogP contribution in [0, 0.1) is 0 Å². The molecule has 2 amide bonds. The summed E-state index contributed by atoms with van der Waals surface area (Å²) >= 11 is 0. The summed E-state index contributed by atoms with van der Waals surface area (Å²) < 4.78 is 9.75. The first-order valence-corrected chi connectivity index (χ1v) is 8.04. The molecule has 1 saturated heterocycles. The Morgan fingerprint density at radius 2 is 1.92 bits per heavy atom. The van der Waals surface area contributed by atoms with Crippen molar-refractivity contribution in [3.8, 4) is 0 Å². The van der Waals surface area contributed by atoms with Crippen LogP contribution in [0.1, 0.15) is 12.8 Å². The van der Waals surface area contributed by atoms with Gasteiger partial charge in [0, 0.05) is 46.9 Å². The molecular weight excluding hydrogens is 314 g/mol. The molecule has 9 heteroatoms. The lowest BCUT2D eigenvalue weighted by Gasteiger charge is -2.32. The molecule has 1 heterocycles. The molecule has 1 aliphatic rings. The van der Waals surface area contributed by atoms with Crippen LogP contribution in [0.2, 0.25) is 0 Å². The Bertz CT molecular complexity index is 434. The molecule has 9 nitrogen and oxygen atoms in total. The molecule has 0 unspecified atom stereocenters. The summed E-state index contributed by atoms with van der Waals surface area (Å²) in [6, 6.07) is 0.189. The maximum absolute atomic E-state index is 11.7.